The van der Waals surface area contributed by atoms with Gasteiger partial charge in [-0.2, -0.15) is 0 Å². The lowest BCUT2D eigenvalue weighted by Gasteiger charge is -1.90. The summed E-state index contributed by atoms with van der Waals surface area (Å²) in [6.07, 6.45) is 0. The van der Waals surface area contributed by atoms with E-state index >= 15 is 0 Å². The van der Waals surface area contributed by atoms with Gasteiger partial charge in [0.2, 0.25) is 0 Å². The van der Waals surface area contributed by atoms with Gasteiger partial charge < -0.3 is 0 Å². The SMILES string of the molecule is O=[N+]([O-])c1cccc(P)c1. The van der Waals surface area contributed by atoms with E-state index in [9.17, 15) is 10.1 Å². The summed E-state index contributed by atoms with van der Waals surface area (Å²) in [4.78, 5) is 9.74. The zero-order chi connectivity index (χ0) is 7.56. The van der Waals surface area contributed by atoms with E-state index in [1.165, 1.54) is 12.1 Å². The van der Waals surface area contributed by atoms with Crippen LogP contribution in [0.4, 0.5) is 5.69 Å². The van der Waals surface area contributed by atoms with Crippen LogP contribution < -0.4 is 5.30 Å². The number of non-ortho nitro benzene ring substituents is 1. The highest BCUT2D eigenvalue weighted by Crippen LogP contribution is 2.07. The fourth-order valence-corrected chi connectivity index (χ4v) is 0.920. The van der Waals surface area contributed by atoms with Crippen molar-refractivity contribution in [1.82, 2.24) is 0 Å². The number of hydrogen-bond donors (Lipinski definition) is 0. The molecular weight excluding hydrogens is 149 g/mol. The highest BCUT2D eigenvalue weighted by Gasteiger charge is 2.01. The van der Waals surface area contributed by atoms with Gasteiger partial charge in [0.05, 0.1) is 4.92 Å². The molecule has 0 N–H and O–H groups in total. The molecule has 1 aromatic rings. The lowest BCUT2D eigenvalue weighted by Crippen LogP contribution is -1.93. The summed E-state index contributed by atoms with van der Waals surface area (Å²) >= 11 is 0. The molecule has 0 aliphatic carbocycles. The van der Waals surface area contributed by atoms with Crippen molar-refractivity contribution in [3.05, 3.63) is 34.4 Å². The minimum Gasteiger partial charge on any atom is -0.258 e. The number of rotatable bonds is 1. The monoisotopic (exact) mass is 155 g/mol. The molecule has 0 saturated carbocycles. The smallest absolute Gasteiger partial charge is 0.258 e. The molecule has 1 unspecified atom stereocenters. The second-order valence-electron chi connectivity index (χ2n) is 1.85. The standard InChI is InChI=1S/C6H6NO2P/c8-7(9)5-2-1-3-6(10)4-5/h1-4H,10H2. The first-order valence-corrected chi connectivity index (χ1v) is 3.28. The topological polar surface area (TPSA) is 43.1 Å². The molecule has 0 aliphatic heterocycles. The molecule has 0 bridgehead atoms. The van der Waals surface area contributed by atoms with Gasteiger partial charge in [-0.1, -0.05) is 12.1 Å². The predicted octanol–water partition coefficient (Wildman–Crippen LogP) is 1.10. The lowest BCUT2D eigenvalue weighted by molar-refractivity contribution is -0.384. The number of nitro benzene ring substituents is 1. The lowest BCUT2D eigenvalue weighted by atomic mass is 10.3. The first-order valence-electron chi connectivity index (χ1n) is 2.70. The van der Waals surface area contributed by atoms with Crippen molar-refractivity contribution in [1.29, 1.82) is 0 Å². The first kappa shape index (κ1) is 7.16. The third-order valence-corrected chi connectivity index (χ3v) is 1.44. The van der Waals surface area contributed by atoms with Crippen molar-refractivity contribution in [2.75, 3.05) is 0 Å². The predicted molar refractivity (Wildman–Crippen MR) is 42.4 cm³/mol. The van der Waals surface area contributed by atoms with Crippen molar-refractivity contribution in [2.24, 2.45) is 0 Å². The van der Waals surface area contributed by atoms with Crippen molar-refractivity contribution in [3.63, 3.8) is 0 Å². The highest BCUT2D eigenvalue weighted by atomic mass is 31.0. The Balaban J connectivity index is 3.07. The van der Waals surface area contributed by atoms with E-state index in [2.05, 4.69) is 9.24 Å². The van der Waals surface area contributed by atoms with Crippen LogP contribution in [0.2, 0.25) is 0 Å². The number of benzene rings is 1. The molecule has 0 fully saturated rings. The Labute approximate surface area is 60.4 Å². The van der Waals surface area contributed by atoms with Crippen LogP contribution in [0.1, 0.15) is 0 Å². The normalized spacial score (nSPS) is 9.30. The minimum absolute atomic E-state index is 0.132. The molecule has 0 heterocycles. The van der Waals surface area contributed by atoms with Gasteiger partial charge in [0.1, 0.15) is 0 Å². The third kappa shape index (κ3) is 1.52. The Morgan fingerprint density at radius 3 is 2.60 bits per heavy atom. The van der Waals surface area contributed by atoms with Gasteiger partial charge in [0.25, 0.3) is 5.69 Å². The molecule has 0 spiro atoms. The van der Waals surface area contributed by atoms with Gasteiger partial charge >= 0.3 is 0 Å². The van der Waals surface area contributed by atoms with Crippen LogP contribution in [0.5, 0.6) is 0 Å². The van der Waals surface area contributed by atoms with Gasteiger partial charge in [0, 0.05) is 12.1 Å². The average molecular weight is 155 g/mol. The molecule has 1 aromatic carbocycles. The largest absolute Gasteiger partial charge is 0.270 e. The third-order valence-electron chi connectivity index (χ3n) is 1.08. The maximum absolute atomic E-state index is 10.1. The Kier molecular flexibility index (Phi) is 1.97. The fourth-order valence-electron chi connectivity index (χ4n) is 0.638. The second kappa shape index (κ2) is 2.76. The zero-order valence-corrected chi connectivity index (χ0v) is 6.31. The van der Waals surface area contributed by atoms with Gasteiger partial charge in [-0.05, 0) is 5.30 Å². The molecule has 1 atom stereocenters. The Morgan fingerprint density at radius 1 is 1.50 bits per heavy atom. The summed E-state index contributed by atoms with van der Waals surface area (Å²) in [6, 6.07) is 6.41. The van der Waals surface area contributed by atoms with E-state index in [1.807, 2.05) is 0 Å². The van der Waals surface area contributed by atoms with E-state index in [0.29, 0.717) is 0 Å². The first-order chi connectivity index (χ1) is 4.70. The van der Waals surface area contributed by atoms with E-state index in [-0.39, 0.29) is 5.69 Å². The maximum Gasteiger partial charge on any atom is 0.270 e. The second-order valence-corrected chi connectivity index (χ2v) is 2.52. The van der Waals surface area contributed by atoms with Crippen LogP contribution in [-0.2, 0) is 0 Å². The minimum atomic E-state index is -0.409. The van der Waals surface area contributed by atoms with Crippen LogP contribution in [0.3, 0.4) is 0 Å². The van der Waals surface area contributed by atoms with Crippen LogP contribution in [0, 0.1) is 10.1 Å². The fraction of sp³-hybridized carbons (Fsp3) is 0. The molecule has 0 aromatic heterocycles. The zero-order valence-electron chi connectivity index (χ0n) is 5.15. The van der Waals surface area contributed by atoms with Gasteiger partial charge in [-0.25, -0.2) is 0 Å². The molecule has 1 rings (SSSR count). The van der Waals surface area contributed by atoms with E-state index in [4.69, 9.17) is 0 Å². The Morgan fingerprint density at radius 2 is 2.20 bits per heavy atom. The summed E-state index contributed by atoms with van der Waals surface area (Å²) < 4.78 is 0. The molecule has 4 heteroatoms. The highest BCUT2D eigenvalue weighted by molar-refractivity contribution is 7.27. The Hall–Kier alpha value is -0.950. The summed E-state index contributed by atoms with van der Waals surface area (Å²) in [7, 11) is 2.40. The molecule has 0 amide bonds. The van der Waals surface area contributed by atoms with E-state index < -0.39 is 4.92 Å². The molecule has 52 valence electrons. The molecular formula is C6H6NO2P. The summed E-state index contributed by atoms with van der Waals surface area (Å²) in [5, 5.41) is 11.0. The number of nitrogens with zero attached hydrogens (tertiary/aromatic N) is 1. The van der Waals surface area contributed by atoms with Crippen molar-refractivity contribution < 1.29 is 4.92 Å². The molecule has 0 saturated heterocycles. The van der Waals surface area contributed by atoms with Crippen molar-refractivity contribution in [2.45, 2.75) is 0 Å². The summed E-state index contributed by atoms with van der Waals surface area (Å²) in [5.41, 5.74) is 0.132. The summed E-state index contributed by atoms with van der Waals surface area (Å²) in [6.45, 7) is 0. The maximum atomic E-state index is 10.1. The molecule has 3 nitrogen and oxygen atoms in total. The van der Waals surface area contributed by atoms with Crippen LogP contribution >= 0.6 is 9.24 Å². The molecule has 10 heavy (non-hydrogen) atoms. The molecule has 0 aliphatic rings. The quantitative estimate of drug-likeness (QED) is 0.346. The van der Waals surface area contributed by atoms with E-state index in [0.717, 1.165) is 5.30 Å². The van der Waals surface area contributed by atoms with Gasteiger partial charge in [-0.3, -0.25) is 10.1 Å². The van der Waals surface area contributed by atoms with Crippen LogP contribution in [-0.4, -0.2) is 4.92 Å². The summed E-state index contributed by atoms with van der Waals surface area (Å²) in [5.74, 6) is 0. The van der Waals surface area contributed by atoms with Crippen LogP contribution in [0.15, 0.2) is 24.3 Å². The van der Waals surface area contributed by atoms with Crippen molar-refractivity contribution >= 4 is 20.2 Å². The van der Waals surface area contributed by atoms with Crippen molar-refractivity contribution in [3.8, 4) is 0 Å². The average Bonchev–Trinajstić information content (AvgIpc) is 1.88. The molecule has 0 radical (unpaired) electrons. The van der Waals surface area contributed by atoms with Gasteiger partial charge in [0.15, 0.2) is 0 Å². The number of nitro groups is 1. The van der Waals surface area contributed by atoms with E-state index in [1.54, 1.807) is 12.1 Å². The van der Waals surface area contributed by atoms with Gasteiger partial charge in [-0.15, -0.1) is 9.24 Å². The van der Waals surface area contributed by atoms with Crippen LogP contribution in [0.25, 0.3) is 0 Å². The number of hydrogen-bond acceptors (Lipinski definition) is 2. The Bertz CT molecular complexity index is 262.